The van der Waals surface area contributed by atoms with Crippen molar-refractivity contribution >= 4 is 11.4 Å². The van der Waals surface area contributed by atoms with E-state index in [1.54, 1.807) is 34.8 Å². The van der Waals surface area contributed by atoms with Gasteiger partial charge in [0.1, 0.15) is 17.0 Å². The lowest BCUT2D eigenvalue weighted by Gasteiger charge is -2.48. The quantitative estimate of drug-likeness (QED) is 0.349. The molecule has 9 nitrogen and oxygen atoms in total. The van der Waals surface area contributed by atoms with Crippen LogP contribution < -0.4 is 4.74 Å². The molecule has 0 radical (unpaired) electrons. The number of alkyl halides is 4. The molecule has 0 saturated heterocycles. The molecule has 1 aromatic carbocycles. The molecule has 3 aromatic heterocycles. The van der Waals surface area contributed by atoms with Crippen LogP contribution in [0.15, 0.2) is 48.9 Å². The molecule has 1 amide bonds. The molecular formula is C28H23F4N5O4. The van der Waals surface area contributed by atoms with Gasteiger partial charge in [0.05, 0.1) is 17.3 Å². The largest absolute Gasteiger partial charge is 0.434 e. The Labute approximate surface area is 230 Å². The van der Waals surface area contributed by atoms with Gasteiger partial charge in [-0.3, -0.25) is 4.79 Å². The fraction of sp³-hybridized carbons (Fsp3) is 0.357. The standard InChI is InChI=1S/C28H23F4N5O4/c1-36-18-8-16(20-15(23(36)38)3-2-4-19(20)41-26(31)32)21-17-7-13(5-6-37(17)35-22(18)21)14-9-33-25(34-10-14)28(40)11-27(39,12-28)24(29)30/h2-7,9-10,16,18,24,26,39-40H,8,11-12H2,1H3/t16-,18-,27?,28?/m1/s1. The minimum absolute atomic E-state index is 0.0510. The fourth-order valence-corrected chi connectivity index (χ4v) is 6.53. The minimum Gasteiger partial charge on any atom is -0.434 e. The minimum atomic E-state index is -3.06. The maximum atomic E-state index is 13.3. The van der Waals surface area contributed by atoms with Crippen LogP contribution in [-0.2, 0) is 5.60 Å². The number of benzene rings is 1. The topological polar surface area (TPSA) is 113 Å². The van der Waals surface area contributed by atoms with E-state index in [2.05, 4.69) is 9.97 Å². The Balaban J connectivity index is 1.29. The molecule has 1 saturated carbocycles. The first-order valence-corrected chi connectivity index (χ1v) is 12.9. The summed E-state index contributed by atoms with van der Waals surface area (Å²) in [6, 6.07) is 7.83. The van der Waals surface area contributed by atoms with E-state index >= 15 is 0 Å². The van der Waals surface area contributed by atoms with Crippen LogP contribution in [0.2, 0.25) is 0 Å². The number of aliphatic hydroxyl groups is 2. The lowest BCUT2D eigenvalue weighted by molar-refractivity contribution is -0.241. The second-order valence-corrected chi connectivity index (χ2v) is 10.9. The summed E-state index contributed by atoms with van der Waals surface area (Å²) in [6.07, 6.45) is 0.989. The van der Waals surface area contributed by atoms with Crippen molar-refractivity contribution in [3.8, 4) is 16.9 Å². The number of hydrogen-bond acceptors (Lipinski definition) is 7. The van der Waals surface area contributed by atoms with Crippen molar-refractivity contribution in [3.63, 3.8) is 0 Å². The van der Waals surface area contributed by atoms with Gasteiger partial charge in [-0.25, -0.2) is 23.3 Å². The highest BCUT2D eigenvalue weighted by Crippen LogP contribution is 2.54. The number of hydrogen-bond donors (Lipinski definition) is 2. The van der Waals surface area contributed by atoms with Crippen molar-refractivity contribution in [2.45, 2.75) is 55.5 Å². The molecule has 2 aliphatic carbocycles. The summed E-state index contributed by atoms with van der Waals surface area (Å²) in [5, 5.41) is 25.2. The van der Waals surface area contributed by atoms with Crippen LogP contribution in [0.4, 0.5) is 17.6 Å². The van der Waals surface area contributed by atoms with E-state index in [1.165, 1.54) is 24.5 Å². The maximum Gasteiger partial charge on any atom is 0.387 e. The van der Waals surface area contributed by atoms with Crippen LogP contribution in [0, 0.1) is 0 Å². The summed E-state index contributed by atoms with van der Waals surface area (Å²) in [4.78, 5) is 23.3. The van der Waals surface area contributed by atoms with Gasteiger partial charge in [0.2, 0.25) is 0 Å². The Morgan fingerprint density at radius 2 is 1.78 bits per heavy atom. The number of carbonyl (C=O) groups is 1. The van der Waals surface area contributed by atoms with Gasteiger partial charge in [0.15, 0.2) is 5.82 Å². The molecule has 3 aliphatic rings. The molecular weight excluding hydrogens is 546 g/mol. The lowest BCUT2D eigenvalue weighted by atomic mass is 9.67. The maximum absolute atomic E-state index is 13.3. The Kier molecular flexibility index (Phi) is 5.48. The molecule has 1 aliphatic heterocycles. The second kappa shape index (κ2) is 8.70. The number of amides is 1. The Hall–Kier alpha value is -4.10. The van der Waals surface area contributed by atoms with E-state index in [4.69, 9.17) is 9.84 Å². The summed E-state index contributed by atoms with van der Waals surface area (Å²) in [7, 11) is 1.67. The molecule has 7 rings (SSSR count). The zero-order valence-electron chi connectivity index (χ0n) is 21.5. The summed E-state index contributed by atoms with van der Waals surface area (Å²) >= 11 is 0. The molecule has 0 unspecified atom stereocenters. The first-order valence-electron chi connectivity index (χ1n) is 12.9. The second-order valence-electron chi connectivity index (χ2n) is 10.9. The van der Waals surface area contributed by atoms with Crippen LogP contribution in [0.1, 0.15) is 64.2 Å². The van der Waals surface area contributed by atoms with Gasteiger partial charge in [0.25, 0.3) is 12.3 Å². The number of fused-ring (bicyclic) bond motifs is 9. The van der Waals surface area contributed by atoms with Gasteiger partial charge < -0.3 is 19.8 Å². The number of rotatable bonds is 5. The summed E-state index contributed by atoms with van der Waals surface area (Å²) < 4.78 is 59.3. The van der Waals surface area contributed by atoms with Crippen molar-refractivity contribution < 1.29 is 37.3 Å². The number of halogens is 4. The number of carbonyl (C=O) groups excluding carboxylic acids is 1. The zero-order valence-corrected chi connectivity index (χ0v) is 21.5. The molecule has 2 bridgehead atoms. The Morgan fingerprint density at radius 3 is 2.46 bits per heavy atom. The fourth-order valence-electron chi connectivity index (χ4n) is 6.53. The van der Waals surface area contributed by atoms with E-state index in [0.717, 1.165) is 5.56 Å². The number of ether oxygens (including phenoxy) is 1. The van der Waals surface area contributed by atoms with E-state index in [0.29, 0.717) is 39.9 Å². The third-order valence-electron chi connectivity index (χ3n) is 8.48. The smallest absolute Gasteiger partial charge is 0.387 e. The molecule has 2 atom stereocenters. The van der Waals surface area contributed by atoms with Crippen LogP contribution in [-0.4, -0.2) is 66.3 Å². The van der Waals surface area contributed by atoms with Crippen LogP contribution in [0.3, 0.4) is 0 Å². The molecule has 4 heterocycles. The van der Waals surface area contributed by atoms with Crippen LogP contribution in [0.5, 0.6) is 5.75 Å². The first kappa shape index (κ1) is 25.8. The third kappa shape index (κ3) is 3.75. The molecule has 1 fully saturated rings. The van der Waals surface area contributed by atoms with Crippen molar-refractivity contribution in [1.82, 2.24) is 24.5 Å². The molecule has 2 N–H and O–H groups in total. The highest BCUT2D eigenvalue weighted by Gasteiger charge is 2.60. The Morgan fingerprint density at radius 1 is 1.05 bits per heavy atom. The number of aromatic nitrogens is 4. The number of pyridine rings is 1. The van der Waals surface area contributed by atoms with E-state index in [9.17, 15) is 32.6 Å². The lowest BCUT2D eigenvalue weighted by Crippen LogP contribution is -2.59. The predicted molar refractivity (Wildman–Crippen MR) is 135 cm³/mol. The summed E-state index contributed by atoms with van der Waals surface area (Å²) in [5.74, 6) is -0.835. The number of nitrogens with zero attached hydrogens (tertiary/aromatic N) is 5. The van der Waals surface area contributed by atoms with Crippen molar-refractivity contribution in [2.75, 3.05) is 7.05 Å². The average Bonchev–Trinajstić information content (AvgIpc) is 3.45. The summed E-state index contributed by atoms with van der Waals surface area (Å²) in [5.41, 5.74) is 0.134. The molecule has 13 heteroatoms. The highest BCUT2D eigenvalue weighted by atomic mass is 19.3. The monoisotopic (exact) mass is 569 g/mol. The average molecular weight is 570 g/mol. The van der Waals surface area contributed by atoms with Gasteiger partial charge in [0, 0.05) is 66.7 Å². The summed E-state index contributed by atoms with van der Waals surface area (Å²) in [6.45, 7) is -3.06. The highest BCUT2D eigenvalue weighted by molar-refractivity contribution is 5.98. The van der Waals surface area contributed by atoms with Gasteiger partial charge in [-0.2, -0.15) is 13.9 Å². The first-order chi connectivity index (χ1) is 19.5. The van der Waals surface area contributed by atoms with Crippen LogP contribution >= 0.6 is 0 Å². The predicted octanol–water partition coefficient (Wildman–Crippen LogP) is 4.03. The van der Waals surface area contributed by atoms with E-state index in [-0.39, 0.29) is 23.5 Å². The van der Waals surface area contributed by atoms with Gasteiger partial charge >= 0.3 is 6.61 Å². The Bertz CT molecular complexity index is 1700. The van der Waals surface area contributed by atoms with E-state index < -0.39 is 43.0 Å². The third-order valence-corrected chi connectivity index (χ3v) is 8.48. The molecule has 212 valence electrons. The SMILES string of the molecule is CN1C(=O)c2cccc(OC(F)F)c2[C@H]2C[C@@H]1c1nn3ccc(-c4cnc(C5(O)CC(O)(C(F)F)C5)nc4)cc3c12. The molecule has 4 aromatic rings. The molecule has 41 heavy (non-hydrogen) atoms. The normalized spacial score (nSPS) is 26.8. The van der Waals surface area contributed by atoms with Crippen molar-refractivity contribution in [1.29, 1.82) is 0 Å². The van der Waals surface area contributed by atoms with Gasteiger partial charge in [-0.15, -0.1) is 0 Å². The van der Waals surface area contributed by atoms with Gasteiger partial charge in [-0.05, 0) is 36.2 Å². The zero-order chi connectivity index (χ0) is 28.8. The van der Waals surface area contributed by atoms with Gasteiger partial charge in [-0.1, -0.05) is 6.07 Å². The van der Waals surface area contributed by atoms with Crippen molar-refractivity contribution in [3.05, 3.63) is 77.1 Å². The molecule has 0 spiro atoms. The van der Waals surface area contributed by atoms with Crippen LogP contribution in [0.25, 0.3) is 16.6 Å². The van der Waals surface area contributed by atoms with E-state index in [1.807, 2.05) is 6.07 Å². The van der Waals surface area contributed by atoms with Crippen molar-refractivity contribution in [2.24, 2.45) is 0 Å².